The zero-order valence-corrected chi connectivity index (χ0v) is 12.7. The minimum Gasteiger partial charge on any atom is -0.489 e. The molecule has 0 aliphatic rings. The van der Waals surface area contributed by atoms with Gasteiger partial charge in [0, 0.05) is 37.6 Å². The molecule has 2 rings (SSSR count). The van der Waals surface area contributed by atoms with Gasteiger partial charge in [-0.15, -0.1) is 0 Å². The summed E-state index contributed by atoms with van der Waals surface area (Å²) in [6.45, 7) is 4.93. The molecule has 3 nitrogen and oxygen atoms in total. The second kappa shape index (κ2) is 7.39. The number of anilines is 2. The number of hydrogen-bond donors (Lipinski definition) is 1. The number of ether oxygens (including phenoxy) is 1. The van der Waals surface area contributed by atoms with Crippen LogP contribution in [0.15, 0.2) is 61.2 Å². The lowest BCUT2D eigenvalue weighted by Crippen LogP contribution is -2.08. The lowest BCUT2D eigenvalue weighted by molar-refractivity contribution is 0.359. The number of benzene rings is 2. The average molecular weight is 282 g/mol. The van der Waals surface area contributed by atoms with Crippen molar-refractivity contribution in [2.75, 3.05) is 30.9 Å². The van der Waals surface area contributed by atoms with Gasteiger partial charge in [-0.1, -0.05) is 30.9 Å². The number of hydrogen-bond acceptors (Lipinski definition) is 3. The highest BCUT2D eigenvalue weighted by atomic mass is 16.5. The summed E-state index contributed by atoms with van der Waals surface area (Å²) in [6, 6.07) is 16.4. The van der Waals surface area contributed by atoms with Gasteiger partial charge in [-0.2, -0.15) is 0 Å². The third kappa shape index (κ3) is 4.28. The molecule has 0 unspecified atom stereocenters. The third-order valence-corrected chi connectivity index (χ3v) is 3.20. The third-order valence-electron chi connectivity index (χ3n) is 3.20. The first kappa shape index (κ1) is 15.0. The van der Waals surface area contributed by atoms with E-state index >= 15 is 0 Å². The maximum atomic E-state index is 5.66. The van der Waals surface area contributed by atoms with Crippen LogP contribution < -0.4 is 15.0 Å². The Bertz CT molecular complexity index is 576. The van der Waals surface area contributed by atoms with Gasteiger partial charge in [0.2, 0.25) is 0 Å². The second-order valence-corrected chi connectivity index (χ2v) is 5.00. The molecule has 2 aromatic rings. The maximum Gasteiger partial charge on any atom is 0.124 e. The minimum absolute atomic E-state index is 0.522. The Morgan fingerprint density at radius 3 is 2.48 bits per heavy atom. The van der Waals surface area contributed by atoms with Crippen LogP contribution in [0.1, 0.15) is 5.56 Å². The Kier molecular flexibility index (Phi) is 5.27. The molecular weight excluding hydrogens is 260 g/mol. The van der Waals surface area contributed by atoms with Gasteiger partial charge >= 0.3 is 0 Å². The van der Waals surface area contributed by atoms with E-state index in [9.17, 15) is 0 Å². The van der Waals surface area contributed by atoms with E-state index in [2.05, 4.69) is 47.1 Å². The van der Waals surface area contributed by atoms with Crippen LogP contribution in [0.25, 0.3) is 0 Å². The number of nitrogens with one attached hydrogen (secondary N) is 1. The molecule has 1 N–H and O–H groups in total. The summed E-state index contributed by atoms with van der Waals surface area (Å²) in [5, 5.41) is 3.42. The van der Waals surface area contributed by atoms with Crippen LogP contribution in [0, 0.1) is 0 Å². The summed E-state index contributed by atoms with van der Waals surface area (Å²) >= 11 is 0. The van der Waals surface area contributed by atoms with Gasteiger partial charge in [-0.05, 0) is 30.3 Å². The molecule has 21 heavy (non-hydrogen) atoms. The van der Waals surface area contributed by atoms with E-state index in [0.29, 0.717) is 6.61 Å². The van der Waals surface area contributed by atoms with Gasteiger partial charge in [-0.25, -0.2) is 0 Å². The molecule has 0 saturated heterocycles. The fourth-order valence-electron chi connectivity index (χ4n) is 2.01. The number of rotatable bonds is 7. The number of nitrogens with zero attached hydrogens (tertiary/aromatic N) is 1. The van der Waals surface area contributed by atoms with E-state index in [1.165, 1.54) is 5.69 Å². The van der Waals surface area contributed by atoms with Crippen molar-refractivity contribution in [3.63, 3.8) is 0 Å². The zero-order chi connectivity index (χ0) is 15.1. The van der Waals surface area contributed by atoms with Crippen molar-refractivity contribution >= 4 is 11.4 Å². The van der Waals surface area contributed by atoms with Crippen LogP contribution in [0.5, 0.6) is 5.75 Å². The molecule has 0 aromatic heterocycles. The van der Waals surface area contributed by atoms with E-state index in [1.54, 1.807) is 6.08 Å². The first-order chi connectivity index (χ1) is 10.2. The summed E-state index contributed by atoms with van der Waals surface area (Å²) in [4.78, 5) is 2.09. The fourth-order valence-corrected chi connectivity index (χ4v) is 2.01. The topological polar surface area (TPSA) is 24.5 Å². The highest BCUT2D eigenvalue weighted by Crippen LogP contribution is 2.21. The maximum absolute atomic E-state index is 5.66. The Morgan fingerprint density at radius 1 is 1.10 bits per heavy atom. The predicted molar refractivity (Wildman–Crippen MR) is 90.2 cm³/mol. The van der Waals surface area contributed by atoms with E-state index in [4.69, 9.17) is 4.74 Å². The van der Waals surface area contributed by atoms with Crippen LogP contribution in [0.3, 0.4) is 0 Å². The van der Waals surface area contributed by atoms with Crippen LogP contribution >= 0.6 is 0 Å². The smallest absolute Gasteiger partial charge is 0.124 e. The summed E-state index contributed by atoms with van der Waals surface area (Å²) in [5.41, 5.74) is 3.42. The van der Waals surface area contributed by atoms with Gasteiger partial charge < -0.3 is 15.0 Å². The molecule has 0 bridgehead atoms. The number of para-hydroxylation sites is 1. The Balaban J connectivity index is 2.00. The summed E-state index contributed by atoms with van der Waals surface area (Å²) in [5.74, 6) is 0.898. The minimum atomic E-state index is 0.522. The normalized spacial score (nSPS) is 10.0. The molecule has 110 valence electrons. The SMILES string of the molecule is C=CCOc1ccccc1CNc1ccc(N(C)C)cc1. The van der Waals surface area contributed by atoms with E-state index in [-0.39, 0.29) is 0 Å². The van der Waals surface area contributed by atoms with Gasteiger partial charge in [0.1, 0.15) is 12.4 Å². The quantitative estimate of drug-likeness (QED) is 0.779. The van der Waals surface area contributed by atoms with Crippen LogP contribution in [-0.2, 0) is 6.54 Å². The second-order valence-electron chi connectivity index (χ2n) is 5.00. The van der Waals surface area contributed by atoms with Crippen molar-refractivity contribution in [1.82, 2.24) is 0 Å². The van der Waals surface area contributed by atoms with Crippen molar-refractivity contribution in [2.45, 2.75) is 6.54 Å². The Labute approximate surface area is 126 Å². The standard InChI is InChI=1S/C18H22N2O/c1-4-13-21-18-8-6-5-7-15(18)14-19-16-9-11-17(12-10-16)20(2)3/h4-12,19H,1,13-14H2,2-3H3. The van der Waals surface area contributed by atoms with Crippen molar-refractivity contribution in [2.24, 2.45) is 0 Å². The van der Waals surface area contributed by atoms with Gasteiger partial charge in [0.15, 0.2) is 0 Å². The highest BCUT2D eigenvalue weighted by molar-refractivity contribution is 5.54. The van der Waals surface area contributed by atoms with E-state index in [1.807, 2.05) is 32.3 Å². The monoisotopic (exact) mass is 282 g/mol. The van der Waals surface area contributed by atoms with Crippen molar-refractivity contribution in [1.29, 1.82) is 0 Å². The van der Waals surface area contributed by atoms with E-state index < -0.39 is 0 Å². The fraction of sp³-hybridized carbons (Fsp3) is 0.222. The van der Waals surface area contributed by atoms with Crippen molar-refractivity contribution < 1.29 is 4.74 Å². The molecule has 0 saturated carbocycles. The molecule has 2 aromatic carbocycles. The van der Waals surface area contributed by atoms with Crippen molar-refractivity contribution in [3.8, 4) is 5.75 Å². The molecule has 0 aliphatic heterocycles. The van der Waals surface area contributed by atoms with Crippen LogP contribution in [0.2, 0.25) is 0 Å². The molecule has 3 heteroatoms. The van der Waals surface area contributed by atoms with Gasteiger partial charge in [0.25, 0.3) is 0 Å². The summed E-state index contributed by atoms with van der Waals surface area (Å²) < 4.78 is 5.66. The predicted octanol–water partition coefficient (Wildman–Crippen LogP) is 3.93. The zero-order valence-electron chi connectivity index (χ0n) is 12.7. The lowest BCUT2D eigenvalue weighted by atomic mass is 10.2. The molecule has 0 heterocycles. The summed E-state index contributed by atoms with van der Waals surface area (Å²) in [7, 11) is 4.07. The van der Waals surface area contributed by atoms with Crippen LogP contribution in [-0.4, -0.2) is 20.7 Å². The lowest BCUT2D eigenvalue weighted by Gasteiger charge is -2.14. The summed E-state index contributed by atoms with van der Waals surface area (Å²) in [6.07, 6.45) is 1.75. The molecule has 0 fully saturated rings. The first-order valence-electron chi connectivity index (χ1n) is 7.03. The Morgan fingerprint density at radius 2 is 1.81 bits per heavy atom. The van der Waals surface area contributed by atoms with Crippen LogP contribution in [0.4, 0.5) is 11.4 Å². The largest absolute Gasteiger partial charge is 0.489 e. The van der Waals surface area contributed by atoms with E-state index in [0.717, 1.165) is 23.5 Å². The molecule has 0 spiro atoms. The molecular formula is C18H22N2O. The van der Waals surface area contributed by atoms with Crippen molar-refractivity contribution in [3.05, 3.63) is 66.7 Å². The average Bonchev–Trinajstić information content (AvgIpc) is 2.52. The molecule has 0 radical (unpaired) electrons. The van der Waals surface area contributed by atoms with Gasteiger partial charge in [-0.3, -0.25) is 0 Å². The molecule has 0 aliphatic carbocycles. The Hall–Kier alpha value is -2.42. The van der Waals surface area contributed by atoms with Gasteiger partial charge in [0.05, 0.1) is 0 Å². The first-order valence-corrected chi connectivity index (χ1v) is 7.03. The molecule has 0 amide bonds. The molecule has 0 atom stereocenters. The highest BCUT2D eigenvalue weighted by Gasteiger charge is 2.02.